The summed E-state index contributed by atoms with van der Waals surface area (Å²) in [6, 6.07) is 0. The zero-order valence-electron chi connectivity index (χ0n) is 8.68. The minimum Gasteiger partial charge on any atom is -0.355 e. The molecule has 76 valence electrons. The first-order valence-corrected chi connectivity index (χ1v) is 5.28. The van der Waals surface area contributed by atoms with Crippen LogP contribution in [0.4, 0.5) is 0 Å². The van der Waals surface area contributed by atoms with Crippen molar-refractivity contribution in [3.8, 4) is 0 Å². The van der Waals surface area contributed by atoms with Gasteiger partial charge in [0.2, 0.25) is 5.91 Å². The Labute approximate surface area is 80.5 Å². The third-order valence-electron chi connectivity index (χ3n) is 2.57. The molecule has 1 aliphatic carbocycles. The van der Waals surface area contributed by atoms with E-state index in [2.05, 4.69) is 24.1 Å². The van der Waals surface area contributed by atoms with E-state index in [1.165, 1.54) is 0 Å². The molecule has 1 saturated carbocycles. The second-order valence-corrected chi connectivity index (χ2v) is 3.59. The summed E-state index contributed by atoms with van der Waals surface area (Å²) >= 11 is 0. The molecule has 0 unspecified atom stereocenters. The van der Waals surface area contributed by atoms with E-state index in [0.717, 1.165) is 39.0 Å². The minimum absolute atomic E-state index is 0.257. The Hall–Kier alpha value is -0.570. The third-order valence-corrected chi connectivity index (χ3v) is 2.57. The van der Waals surface area contributed by atoms with Crippen LogP contribution in [0.5, 0.6) is 0 Å². The first kappa shape index (κ1) is 10.5. The van der Waals surface area contributed by atoms with E-state index in [-0.39, 0.29) is 5.91 Å². The zero-order chi connectivity index (χ0) is 9.68. The quantitative estimate of drug-likeness (QED) is 0.664. The lowest BCUT2D eigenvalue weighted by Gasteiger charge is -2.17. The average molecular weight is 184 g/mol. The predicted molar refractivity (Wildman–Crippen MR) is 53.5 cm³/mol. The van der Waals surface area contributed by atoms with Crippen LogP contribution >= 0.6 is 0 Å². The van der Waals surface area contributed by atoms with Crippen LogP contribution < -0.4 is 5.32 Å². The summed E-state index contributed by atoms with van der Waals surface area (Å²) in [5.74, 6) is 0.601. The van der Waals surface area contributed by atoms with Crippen molar-refractivity contribution in [3.63, 3.8) is 0 Å². The van der Waals surface area contributed by atoms with Crippen LogP contribution in [0.2, 0.25) is 0 Å². The molecule has 1 amide bonds. The lowest BCUT2D eigenvalue weighted by atomic mass is 10.4. The van der Waals surface area contributed by atoms with Gasteiger partial charge in [0, 0.05) is 19.0 Å². The van der Waals surface area contributed by atoms with Crippen LogP contribution in [0.25, 0.3) is 0 Å². The first-order valence-electron chi connectivity index (χ1n) is 5.28. The van der Waals surface area contributed by atoms with Crippen molar-refractivity contribution in [2.24, 2.45) is 5.92 Å². The van der Waals surface area contributed by atoms with Crippen LogP contribution in [0.3, 0.4) is 0 Å². The van der Waals surface area contributed by atoms with Crippen molar-refractivity contribution in [2.45, 2.75) is 26.7 Å². The fourth-order valence-electron chi connectivity index (χ4n) is 1.37. The largest absolute Gasteiger partial charge is 0.355 e. The molecule has 0 saturated heterocycles. The van der Waals surface area contributed by atoms with Gasteiger partial charge in [-0.05, 0) is 25.9 Å². The second-order valence-electron chi connectivity index (χ2n) is 3.59. The van der Waals surface area contributed by atoms with Gasteiger partial charge in [0.05, 0.1) is 0 Å². The molecule has 1 rings (SSSR count). The van der Waals surface area contributed by atoms with Crippen molar-refractivity contribution in [3.05, 3.63) is 0 Å². The number of hydrogen-bond donors (Lipinski definition) is 1. The number of amides is 1. The molecule has 0 aromatic heterocycles. The summed E-state index contributed by atoms with van der Waals surface area (Å²) in [5, 5.41) is 2.96. The number of nitrogens with zero attached hydrogens (tertiary/aromatic N) is 1. The highest BCUT2D eigenvalue weighted by Crippen LogP contribution is 2.28. The van der Waals surface area contributed by atoms with E-state index in [9.17, 15) is 4.79 Å². The summed E-state index contributed by atoms with van der Waals surface area (Å²) in [6.45, 7) is 8.20. The second kappa shape index (κ2) is 5.22. The van der Waals surface area contributed by atoms with Gasteiger partial charge >= 0.3 is 0 Å². The maximum Gasteiger partial charge on any atom is 0.223 e. The lowest BCUT2D eigenvalue weighted by Crippen LogP contribution is -2.35. The van der Waals surface area contributed by atoms with Gasteiger partial charge in [-0.3, -0.25) is 4.79 Å². The molecule has 0 atom stereocenters. The molecular weight excluding hydrogens is 164 g/mol. The van der Waals surface area contributed by atoms with E-state index < -0.39 is 0 Å². The maximum atomic E-state index is 11.2. The van der Waals surface area contributed by atoms with Crippen LogP contribution in [-0.4, -0.2) is 37.0 Å². The summed E-state index contributed by atoms with van der Waals surface area (Å²) in [7, 11) is 0. The number of rotatable bonds is 6. The van der Waals surface area contributed by atoms with Crippen LogP contribution in [0.1, 0.15) is 26.7 Å². The van der Waals surface area contributed by atoms with Crippen molar-refractivity contribution in [1.82, 2.24) is 10.2 Å². The van der Waals surface area contributed by atoms with Gasteiger partial charge in [-0.2, -0.15) is 0 Å². The molecule has 1 N–H and O–H groups in total. The van der Waals surface area contributed by atoms with Gasteiger partial charge in [-0.25, -0.2) is 0 Å². The molecule has 0 aliphatic heterocycles. The van der Waals surface area contributed by atoms with Crippen molar-refractivity contribution < 1.29 is 4.79 Å². The highest BCUT2D eigenvalue weighted by Gasteiger charge is 2.28. The summed E-state index contributed by atoms with van der Waals surface area (Å²) < 4.78 is 0. The number of likely N-dealkylation sites (N-methyl/N-ethyl adjacent to an activating group) is 1. The molecule has 3 nitrogen and oxygen atoms in total. The first-order chi connectivity index (χ1) is 6.27. The predicted octanol–water partition coefficient (Wildman–Crippen LogP) is 0.854. The van der Waals surface area contributed by atoms with E-state index in [4.69, 9.17) is 0 Å². The molecule has 3 heteroatoms. The van der Waals surface area contributed by atoms with Gasteiger partial charge < -0.3 is 10.2 Å². The number of nitrogens with one attached hydrogen (secondary N) is 1. The molecule has 0 bridgehead atoms. The van der Waals surface area contributed by atoms with Crippen LogP contribution in [0, 0.1) is 5.92 Å². The summed E-state index contributed by atoms with van der Waals surface area (Å²) in [4.78, 5) is 13.5. The Morgan fingerprint density at radius 1 is 1.38 bits per heavy atom. The molecule has 0 aromatic rings. The number of hydrogen-bond acceptors (Lipinski definition) is 2. The Bertz CT molecular complexity index is 162. The van der Waals surface area contributed by atoms with Crippen molar-refractivity contribution in [2.75, 3.05) is 26.2 Å². The molecule has 1 aliphatic rings. The van der Waals surface area contributed by atoms with E-state index >= 15 is 0 Å². The molecule has 0 heterocycles. The summed E-state index contributed by atoms with van der Waals surface area (Å²) in [6.07, 6.45) is 2.19. The fraction of sp³-hybridized carbons (Fsp3) is 0.900. The smallest absolute Gasteiger partial charge is 0.223 e. The molecule has 0 spiro atoms. The summed E-state index contributed by atoms with van der Waals surface area (Å²) in [5.41, 5.74) is 0. The number of carbonyl (C=O) groups is 1. The Balaban J connectivity index is 2.01. The van der Waals surface area contributed by atoms with Gasteiger partial charge in [0.25, 0.3) is 0 Å². The highest BCUT2D eigenvalue weighted by molar-refractivity contribution is 5.80. The minimum atomic E-state index is 0.257. The Morgan fingerprint density at radius 2 is 2.00 bits per heavy atom. The Morgan fingerprint density at radius 3 is 2.46 bits per heavy atom. The molecule has 0 radical (unpaired) electrons. The Kier molecular flexibility index (Phi) is 4.22. The molecule has 1 fully saturated rings. The van der Waals surface area contributed by atoms with Crippen molar-refractivity contribution in [1.29, 1.82) is 0 Å². The standard InChI is InChI=1S/C10H20N2O/c1-3-12(4-2)8-7-11-10(13)9-5-6-9/h9H,3-8H2,1-2H3,(H,11,13). The molecule has 13 heavy (non-hydrogen) atoms. The van der Waals surface area contributed by atoms with Crippen LogP contribution in [-0.2, 0) is 4.79 Å². The van der Waals surface area contributed by atoms with Gasteiger partial charge in [0.15, 0.2) is 0 Å². The van der Waals surface area contributed by atoms with Gasteiger partial charge in [0.1, 0.15) is 0 Å². The lowest BCUT2D eigenvalue weighted by molar-refractivity contribution is -0.122. The normalized spacial score (nSPS) is 16.2. The molecular formula is C10H20N2O. The monoisotopic (exact) mass is 184 g/mol. The average Bonchev–Trinajstić information content (AvgIpc) is 2.95. The van der Waals surface area contributed by atoms with E-state index in [1.54, 1.807) is 0 Å². The number of carbonyl (C=O) groups excluding carboxylic acids is 1. The molecule has 0 aromatic carbocycles. The topological polar surface area (TPSA) is 32.3 Å². The van der Waals surface area contributed by atoms with Gasteiger partial charge in [-0.1, -0.05) is 13.8 Å². The maximum absolute atomic E-state index is 11.2. The van der Waals surface area contributed by atoms with E-state index in [1.807, 2.05) is 0 Å². The van der Waals surface area contributed by atoms with Crippen molar-refractivity contribution >= 4 is 5.91 Å². The highest BCUT2D eigenvalue weighted by atomic mass is 16.2. The SMILES string of the molecule is CCN(CC)CCNC(=O)C1CC1. The zero-order valence-corrected chi connectivity index (χ0v) is 8.68. The van der Waals surface area contributed by atoms with Gasteiger partial charge in [-0.15, -0.1) is 0 Å². The van der Waals surface area contributed by atoms with E-state index in [0.29, 0.717) is 5.92 Å². The fourth-order valence-corrected chi connectivity index (χ4v) is 1.37. The van der Waals surface area contributed by atoms with Crippen LogP contribution in [0.15, 0.2) is 0 Å². The third kappa shape index (κ3) is 3.77.